The van der Waals surface area contributed by atoms with Crippen LogP contribution in [0.2, 0.25) is 0 Å². The Bertz CT molecular complexity index is 1450. The quantitative estimate of drug-likeness (QED) is 0.268. The number of fused-ring (bicyclic) bond motifs is 1. The second kappa shape index (κ2) is 11.8. The molecule has 4 aromatic rings. The molecule has 200 valence electrons. The van der Waals surface area contributed by atoms with E-state index in [0.717, 1.165) is 33.9 Å². The fraction of sp³-hybridized carbons (Fsp3) is 0.281. The molecule has 0 spiro atoms. The van der Waals surface area contributed by atoms with Gasteiger partial charge in [0.05, 0.1) is 6.04 Å². The van der Waals surface area contributed by atoms with E-state index in [1.54, 1.807) is 17.3 Å². The molecule has 0 N–H and O–H groups in total. The second-order valence-electron chi connectivity index (χ2n) is 9.93. The molecule has 0 bridgehead atoms. The summed E-state index contributed by atoms with van der Waals surface area (Å²) in [6.07, 6.45) is 1.29. The van der Waals surface area contributed by atoms with Crippen LogP contribution in [0.4, 0.5) is 0 Å². The summed E-state index contributed by atoms with van der Waals surface area (Å²) < 4.78 is 6.15. The summed E-state index contributed by atoms with van der Waals surface area (Å²) in [5.74, 6) is 0.757. The molecule has 0 saturated carbocycles. The van der Waals surface area contributed by atoms with E-state index in [9.17, 15) is 9.59 Å². The Labute approximate surface area is 233 Å². The van der Waals surface area contributed by atoms with Crippen molar-refractivity contribution in [3.05, 3.63) is 117 Å². The molecule has 39 heavy (non-hydrogen) atoms. The molecule has 6 nitrogen and oxygen atoms in total. The van der Waals surface area contributed by atoms with Crippen molar-refractivity contribution in [2.75, 3.05) is 13.6 Å². The minimum absolute atomic E-state index is 0.114. The molecular formula is C32H33N3O3S. The molecule has 1 aromatic heterocycles. The monoisotopic (exact) mass is 539 g/mol. The zero-order valence-electron chi connectivity index (χ0n) is 22.6. The zero-order chi connectivity index (χ0) is 27.4. The van der Waals surface area contributed by atoms with Gasteiger partial charge in [0, 0.05) is 31.9 Å². The predicted octanol–water partition coefficient (Wildman–Crippen LogP) is 6.19. The van der Waals surface area contributed by atoms with E-state index < -0.39 is 0 Å². The first-order valence-corrected chi connectivity index (χ1v) is 14.2. The number of aromatic nitrogens is 1. The van der Waals surface area contributed by atoms with Crippen molar-refractivity contribution in [1.29, 1.82) is 0 Å². The predicted molar refractivity (Wildman–Crippen MR) is 154 cm³/mol. The van der Waals surface area contributed by atoms with Crippen molar-refractivity contribution in [3.8, 4) is 5.75 Å². The van der Waals surface area contributed by atoms with Crippen molar-refractivity contribution in [3.63, 3.8) is 0 Å². The lowest BCUT2D eigenvalue weighted by molar-refractivity contribution is -0.132. The topological polar surface area (TPSA) is 62.7 Å². The van der Waals surface area contributed by atoms with Crippen LogP contribution in [0.15, 0.2) is 78.2 Å². The third-order valence-electron chi connectivity index (χ3n) is 7.10. The van der Waals surface area contributed by atoms with Crippen molar-refractivity contribution in [2.24, 2.45) is 0 Å². The highest BCUT2D eigenvalue weighted by molar-refractivity contribution is 7.09. The maximum absolute atomic E-state index is 12.9. The van der Waals surface area contributed by atoms with Crippen LogP contribution >= 0.6 is 11.3 Å². The summed E-state index contributed by atoms with van der Waals surface area (Å²) in [5.41, 5.74) is 6.12. The summed E-state index contributed by atoms with van der Waals surface area (Å²) in [6.45, 7) is 5.48. The van der Waals surface area contributed by atoms with Crippen molar-refractivity contribution >= 4 is 23.2 Å². The van der Waals surface area contributed by atoms with Gasteiger partial charge in [0.1, 0.15) is 23.1 Å². The summed E-state index contributed by atoms with van der Waals surface area (Å²) in [5, 5.41) is 2.53. The molecule has 3 aromatic carbocycles. The van der Waals surface area contributed by atoms with Gasteiger partial charge >= 0.3 is 0 Å². The number of benzene rings is 3. The van der Waals surface area contributed by atoms with Crippen LogP contribution in [0.3, 0.4) is 0 Å². The van der Waals surface area contributed by atoms with E-state index in [4.69, 9.17) is 4.74 Å². The first-order chi connectivity index (χ1) is 18.9. The maximum atomic E-state index is 12.9. The number of thiazole rings is 1. The summed E-state index contributed by atoms with van der Waals surface area (Å²) in [6, 6.07) is 24.3. The molecule has 0 radical (unpaired) electrons. The van der Waals surface area contributed by atoms with Crippen LogP contribution < -0.4 is 4.74 Å². The van der Waals surface area contributed by atoms with Gasteiger partial charge in [-0.15, -0.1) is 11.3 Å². The number of nitrogens with zero attached hydrogens (tertiary/aromatic N) is 3. The van der Waals surface area contributed by atoms with Crippen LogP contribution in [0, 0.1) is 6.92 Å². The van der Waals surface area contributed by atoms with Gasteiger partial charge in [-0.25, -0.2) is 4.98 Å². The van der Waals surface area contributed by atoms with Gasteiger partial charge in [0.15, 0.2) is 0 Å². The maximum Gasteiger partial charge on any atom is 0.273 e. The number of amides is 2. The van der Waals surface area contributed by atoms with Crippen LogP contribution in [-0.4, -0.2) is 40.2 Å². The molecule has 7 heteroatoms. The van der Waals surface area contributed by atoms with Gasteiger partial charge in [-0.05, 0) is 47.7 Å². The van der Waals surface area contributed by atoms with Crippen molar-refractivity contribution in [1.82, 2.24) is 14.8 Å². The highest BCUT2D eigenvalue weighted by Crippen LogP contribution is 2.37. The molecule has 1 atom stereocenters. The lowest BCUT2D eigenvalue weighted by atomic mass is 9.87. The smallest absolute Gasteiger partial charge is 0.273 e. The third-order valence-corrected chi connectivity index (χ3v) is 7.93. The van der Waals surface area contributed by atoms with Gasteiger partial charge in [-0.2, -0.15) is 0 Å². The molecule has 2 heterocycles. The number of carbonyl (C=O) groups excluding carboxylic acids is 2. The lowest BCUT2D eigenvalue weighted by Crippen LogP contribution is -2.40. The highest BCUT2D eigenvalue weighted by Gasteiger charge is 2.31. The lowest BCUT2D eigenvalue weighted by Gasteiger charge is -2.38. The number of hydrogen-bond donors (Lipinski definition) is 0. The largest absolute Gasteiger partial charge is 0.486 e. The van der Waals surface area contributed by atoms with Gasteiger partial charge < -0.3 is 14.5 Å². The Balaban J connectivity index is 1.31. The molecule has 2 amide bonds. The summed E-state index contributed by atoms with van der Waals surface area (Å²) in [7, 11) is 1.79. The van der Waals surface area contributed by atoms with Crippen LogP contribution in [-0.2, 0) is 24.4 Å². The van der Waals surface area contributed by atoms with E-state index in [-0.39, 0.29) is 24.5 Å². The van der Waals surface area contributed by atoms with E-state index in [2.05, 4.69) is 48.3 Å². The second-order valence-corrected chi connectivity index (χ2v) is 10.9. The van der Waals surface area contributed by atoms with E-state index in [1.807, 2.05) is 48.2 Å². The SMILES string of the molecule is CCC(=O)N1CCc2ccc(OCc3nc(C(=O)N(C)Cc4ccccc4)cs3)cc2C1c1ccc(C)cc1. The molecule has 1 aliphatic heterocycles. The normalized spacial score (nSPS) is 14.5. The molecular weight excluding hydrogens is 506 g/mol. The Kier molecular flexibility index (Phi) is 8.07. The Morgan fingerprint density at radius 1 is 1.08 bits per heavy atom. The number of carbonyl (C=O) groups is 2. The third kappa shape index (κ3) is 6.04. The minimum atomic E-state index is -0.144. The van der Waals surface area contributed by atoms with E-state index in [1.165, 1.54) is 22.5 Å². The van der Waals surface area contributed by atoms with Gasteiger partial charge in [-0.3, -0.25) is 9.59 Å². The molecule has 0 aliphatic carbocycles. The van der Waals surface area contributed by atoms with E-state index in [0.29, 0.717) is 25.2 Å². The first-order valence-electron chi connectivity index (χ1n) is 13.3. The molecule has 0 fully saturated rings. The van der Waals surface area contributed by atoms with Crippen LogP contribution in [0.1, 0.15) is 62.7 Å². The average Bonchev–Trinajstić information content (AvgIpc) is 3.44. The summed E-state index contributed by atoms with van der Waals surface area (Å²) >= 11 is 1.42. The van der Waals surface area contributed by atoms with E-state index >= 15 is 0 Å². The standard InChI is InChI=1S/C32H33N3O3S/c1-4-30(36)35-17-16-24-14-15-26(18-27(24)31(35)25-12-10-22(2)11-13-25)38-20-29-33-28(21-39-29)32(37)34(3)19-23-8-6-5-7-9-23/h5-15,18,21,31H,4,16-17,19-20H2,1-3H3. The summed E-state index contributed by atoms with van der Waals surface area (Å²) in [4.78, 5) is 34.0. The molecule has 1 unspecified atom stereocenters. The fourth-order valence-corrected chi connectivity index (χ4v) is 5.69. The highest BCUT2D eigenvalue weighted by atomic mass is 32.1. The van der Waals surface area contributed by atoms with Crippen LogP contribution in [0.5, 0.6) is 5.75 Å². The molecule has 5 rings (SSSR count). The zero-order valence-corrected chi connectivity index (χ0v) is 23.4. The number of rotatable bonds is 8. The number of ether oxygens (including phenoxy) is 1. The van der Waals surface area contributed by atoms with Crippen molar-refractivity contribution < 1.29 is 14.3 Å². The average molecular weight is 540 g/mol. The Morgan fingerprint density at radius 2 is 1.85 bits per heavy atom. The van der Waals surface area contributed by atoms with Gasteiger partial charge in [0.2, 0.25) is 5.91 Å². The molecule has 1 aliphatic rings. The Hall–Kier alpha value is -3.97. The van der Waals surface area contributed by atoms with Gasteiger partial charge in [-0.1, -0.05) is 73.2 Å². The Morgan fingerprint density at radius 3 is 2.59 bits per heavy atom. The van der Waals surface area contributed by atoms with Gasteiger partial charge in [0.25, 0.3) is 5.91 Å². The number of aryl methyl sites for hydroxylation is 1. The minimum Gasteiger partial charge on any atom is -0.486 e. The van der Waals surface area contributed by atoms with Crippen LogP contribution in [0.25, 0.3) is 0 Å². The number of hydrogen-bond acceptors (Lipinski definition) is 5. The van der Waals surface area contributed by atoms with Crippen molar-refractivity contribution in [2.45, 2.75) is 45.9 Å². The fourth-order valence-electron chi connectivity index (χ4n) is 5.01. The first kappa shape index (κ1) is 26.6. The molecule has 0 saturated heterocycles.